The average Bonchev–Trinajstić information content (AvgIpc) is 2.18. The molecule has 0 spiro atoms. The highest BCUT2D eigenvalue weighted by molar-refractivity contribution is 5.87. The second-order valence-corrected chi connectivity index (χ2v) is 2.86. The fourth-order valence-electron chi connectivity index (χ4n) is 0.963. The van der Waals surface area contributed by atoms with E-state index in [4.69, 9.17) is 5.11 Å². The van der Waals surface area contributed by atoms with Gasteiger partial charge in [-0.2, -0.15) is 0 Å². The van der Waals surface area contributed by atoms with Crippen molar-refractivity contribution in [3.05, 3.63) is 23.9 Å². The average molecular weight is 204 g/mol. The topological polar surface area (TPSA) is 62.2 Å². The van der Waals surface area contributed by atoms with Crippen LogP contribution in [0.4, 0.5) is 5.82 Å². The molecular formula is C11H12N2O2. The van der Waals surface area contributed by atoms with Gasteiger partial charge in [0.1, 0.15) is 11.5 Å². The molecule has 0 bridgehead atoms. The highest BCUT2D eigenvalue weighted by atomic mass is 16.2. The summed E-state index contributed by atoms with van der Waals surface area (Å²) in [6, 6.07) is 5.20. The number of amides is 1. The Morgan fingerprint density at radius 2 is 2.40 bits per heavy atom. The van der Waals surface area contributed by atoms with Crippen molar-refractivity contribution < 1.29 is 9.90 Å². The molecule has 78 valence electrons. The number of aliphatic hydroxyl groups excluding tert-OH is 1. The Kier molecular flexibility index (Phi) is 4.32. The summed E-state index contributed by atoms with van der Waals surface area (Å²) in [6.07, 6.45) is 0.423. The first-order valence-corrected chi connectivity index (χ1v) is 4.57. The molecule has 0 aliphatic carbocycles. The molecule has 1 amide bonds. The van der Waals surface area contributed by atoms with Crippen molar-refractivity contribution in [3.63, 3.8) is 0 Å². The van der Waals surface area contributed by atoms with Crippen LogP contribution in [0.3, 0.4) is 0 Å². The highest BCUT2D eigenvalue weighted by Gasteiger charge is 1.96. The molecule has 0 atom stereocenters. The lowest BCUT2D eigenvalue weighted by atomic mass is 10.3. The molecule has 0 aliphatic rings. The van der Waals surface area contributed by atoms with E-state index in [1.54, 1.807) is 18.2 Å². The van der Waals surface area contributed by atoms with E-state index in [-0.39, 0.29) is 12.5 Å². The van der Waals surface area contributed by atoms with Gasteiger partial charge in [-0.15, -0.1) is 0 Å². The molecule has 0 saturated heterocycles. The van der Waals surface area contributed by atoms with E-state index in [9.17, 15) is 4.79 Å². The number of aliphatic hydroxyl groups is 1. The van der Waals surface area contributed by atoms with E-state index >= 15 is 0 Å². The number of carbonyl (C=O) groups is 1. The van der Waals surface area contributed by atoms with Crippen LogP contribution in [0.2, 0.25) is 0 Å². The van der Waals surface area contributed by atoms with Gasteiger partial charge in [-0.25, -0.2) is 4.98 Å². The zero-order valence-electron chi connectivity index (χ0n) is 8.45. The molecular weight excluding hydrogens is 192 g/mol. The van der Waals surface area contributed by atoms with Gasteiger partial charge in [-0.3, -0.25) is 4.79 Å². The third-order valence-corrected chi connectivity index (χ3v) is 1.51. The summed E-state index contributed by atoms with van der Waals surface area (Å²) in [7, 11) is 0. The van der Waals surface area contributed by atoms with E-state index < -0.39 is 0 Å². The van der Waals surface area contributed by atoms with Gasteiger partial charge in [0.05, 0.1) is 6.61 Å². The lowest BCUT2D eigenvalue weighted by Gasteiger charge is -1.99. The summed E-state index contributed by atoms with van der Waals surface area (Å²) in [5, 5.41) is 11.1. The van der Waals surface area contributed by atoms with Gasteiger partial charge in [-0.05, 0) is 18.1 Å². The van der Waals surface area contributed by atoms with E-state index in [1.165, 1.54) is 6.92 Å². The maximum absolute atomic E-state index is 10.8. The SMILES string of the molecule is CC(=O)Nc1cccc(C#CCCO)n1. The first kappa shape index (κ1) is 11.2. The van der Waals surface area contributed by atoms with Crippen LogP contribution in [0.15, 0.2) is 18.2 Å². The molecule has 0 fully saturated rings. The van der Waals surface area contributed by atoms with Gasteiger partial charge in [0.2, 0.25) is 5.91 Å². The molecule has 0 saturated carbocycles. The van der Waals surface area contributed by atoms with E-state index in [0.29, 0.717) is 17.9 Å². The molecule has 2 N–H and O–H groups in total. The summed E-state index contributed by atoms with van der Waals surface area (Å²) >= 11 is 0. The van der Waals surface area contributed by atoms with Crippen LogP contribution in [-0.2, 0) is 4.79 Å². The quantitative estimate of drug-likeness (QED) is 0.699. The fourth-order valence-corrected chi connectivity index (χ4v) is 0.963. The third kappa shape index (κ3) is 4.25. The van der Waals surface area contributed by atoms with Crippen LogP contribution in [0, 0.1) is 11.8 Å². The molecule has 1 aromatic heterocycles. The van der Waals surface area contributed by atoms with Gasteiger partial charge in [0, 0.05) is 13.3 Å². The van der Waals surface area contributed by atoms with Crippen LogP contribution in [0.5, 0.6) is 0 Å². The predicted octanol–water partition coefficient (Wildman–Crippen LogP) is 0.774. The zero-order chi connectivity index (χ0) is 11.1. The minimum atomic E-state index is -0.164. The number of nitrogens with zero attached hydrogens (tertiary/aromatic N) is 1. The maximum Gasteiger partial charge on any atom is 0.222 e. The molecule has 4 nitrogen and oxygen atoms in total. The summed E-state index contributed by atoms with van der Waals surface area (Å²) in [5.41, 5.74) is 0.578. The van der Waals surface area contributed by atoms with E-state index in [2.05, 4.69) is 22.1 Å². The van der Waals surface area contributed by atoms with Crippen LogP contribution >= 0.6 is 0 Å². The number of hydrogen-bond donors (Lipinski definition) is 2. The summed E-state index contributed by atoms with van der Waals surface area (Å²) in [6.45, 7) is 1.46. The lowest BCUT2D eigenvalue weighted by molar-refractivity contribution is -0.114. The maximum atomic E-state index is 10.8. The van der Waals surface area contributed by atoms with Gasteiger partial charge < -0.3 is 10.4 Å². The molecule has 0 radical (unpaired) electrons. The summed E-state index contributed by atoms with van der Waals surface area (Å²) in [5.74, 6) is 5.86. The third-order valence-electron chi connectivity index (χ3n) is 1.51. The normalized spacial score (nSPS) is 8.93. The van der Waals surface area contributed by atoms with Crippen molar-refractivity contribution in [2.75, 3.05) is 11.9 Å². The van der Waals surface area contributed by atoms with Crippen molar-refractivity contribution >= 4 is 11.7 Å². The lowest BCUT2D eigenvalue weighted by Crippen LogP contribution is -2.07. The first-order chi connectivity index (χ1) is 7.22. The Balaban J connectivity index is 2.75. The molecule has 0 aliphatic heterocycles. The summed E-state index contributed by atoms with van der Waals surface area (Å²) in [4.78, 5) is 14.9. The Bertz CT molecular complexity index is 405. The number of rotatable bonds is 2. The van der Waals surface area contributed by atoms with Crippen molar-refractivity contribution in [1.82, 2.24) is 4.98 Å². The van der Waals surface area contributed by atoms with Crippen LogP contribution in [0.1, 0.15) is 19.0 Å². The molecule has 1 aromatic rings. The highest BCUT2D eigenvalue weighted by Crippen LogP contribution is 2.03. The Hall–Kier alpha value is -1.86. The summed E-state index contributed by atoms with van der Waals surface area (Å²) < 4.78 is 0. The van der Waals surface area contributed by atoms with Crippen molar-refractivity contribution in [3.8, 4) is 11.8 Å². The molecule has 1 rings (SSSR count). The van der Waals surface area contributed by atoms with Gasteiger partial charge >= 0.3 is 0 Å². The molecule has 4 heteroatoms. The van der Waals surface area contributed by atoms with Gasteiger partial charge in [-0.1, -0.05) is 12.0 Å². The standard InChI is InChI=1S/C11H12N2O2/c1-9(15)12-11-7-4-6-10(13-11)5-2-3-8-14/h4,6-7,14H,3,8H2,1H3,(H,12,13,15). The zero-order valence-corrected chi connectivity index (χ0v) is 8.45. The second kappa shape index (κ2) is 5.78. The Morgan fingerprint density at radius 3 is 3.07 bits per heavy atom. The van der Waals surface area contributed by atoms with Crippen molar-refractivity contribution in [1.29, 1.82) is 0 Å². The predicted molar refractivity (Wildman–Crippen MR) is 57.1 cm³/mol. The van der Waals surface area contributed by atoms with Crippen LogP contribution < -0.4 is 5.32 Å². The van der Waals surface area contributed by atoms with E-state index in [1.807, 2.05) is 0 Å². The Labute approximate surface area is 88.3 Å². The number of nitrogens with one attached hydrogen (secondary N) is 1. The minimum absolute atomic E-state index is 0.0401. The number of pyridine rings is 1. The van der Waals surface area contributed by atoms with Crippen molar-refractivity contribution in [2.45, 2.75) is 13.3 Å². The first-order valence-electron chi connectivity index (χ1n) is 4.57. The Morgan fingerprint density at radius 1 is 1.60 bits per heavy atom. The fraction of sp³-hybridized carbons (Fsp3) is 0.273. The van der Waals surface area contributed by atoms with Crippen molar-refractivity contribution in [2.24, 2.45) is 0 Å². The molecule has 15 heavy (non-hydrogen) atoms. The van der Waals surface area contributed by atoms with Gasteiger partial charge in [0.15, 0.2) is 0 Å². The largest absolute Gasteiger partial charge is 0.395 e. The molecule has 0 unspecified atom stereocenters. The number of carbonyl (C=O) groups excluding carboxylic acids is 1. The number of hydrogen-bond acceptors (Lipinski definition) is 3. The monoisotopic (exact) mass is 204 g/mol. The number of aromatic nitrogens is 1. The van der Waals surface area contributed by atoms with Crippen LogP contribution in [0.25, 0.3) is 0 Å². The molecule has 0 aromatic carbocycles. The minimum Gasteiger partial charge on any atom is -0.395 e. The van der Waals surface area contributed by atoms with E-state index in [0.717, 1.165) is 0 Å². The van der Waals surface area contributed by atoms with Crippen LogP contribution in [-0.4, -0.2) is 22.6 Å². The smallest absolute Gasteiger partial charge is 0.222 e. The van der Waals surface area contributed by atoms with Gasteiger partial charge in [0.25, 0.3) is 0 Å². The molecule has 1 heterocycles. The number of anilines is 1. The second-order valence-electron chi connectivity index (χ2n) is 2.86.